The van der Waals surface area contributed by atoms with Crippen molar-refractivity contribution in [3.63, 3.8) is 0 Å². The Bertz CT molecular complexity index is 665. The van der Waals surface area contributed by atoms with E-state index in [1.165, 1.54) is 25.3 Å². The molecule has 2 aromatic rings. The van der Waals surface area contributed by atoms with Crippen molar-refractivity contribution in [2.24, 2.45) is 0 Å². The highest BCUT2D eigenvalue weighted by atomic mass is 19.1. The quantitative estimate of drug-likeness (QED) is 0.869. The van der Waals surface area contributed by atoms with E-state index in [4.69, 9.17) is 20.5 Å². The Hall–Kier alpha value is -2.74. The van der Waals surface area contributed by atoms with Crippen molar-refractivity contribution in [3.8, 4) is 17.6 Å². The Labute approximate surface area is 116 Å². The van der Waals surface area contributed by atoms with Crippen LogP contribution in [0.25, 0.3) is 0 Å². The molecule has 0 spiro atoms. The molecule has 0 saturated carbocycles. The number of ether oxygens (including phenoxy) is 2. The van der Waals surface area contributed by atoms with Gasteiger partial charge in [-0.3, -0.25) is 0 Å². The SMILES string of the molecule is COc1ccc(COc2cc(F)ccc2N)cc1C#N. The average molecular weight is 272 g/mol. The first kappa shape index (κ1) is 13.7. The van der Waals surface area contributed by atoms with E-state index in [0.717, 1.165) is 5.56 Å². The lowest BCUT2D eigenvalue weighted by molar-refractivity contribution is 0.306. The lowest BCUT2D eigenvalue weighted by Crippen LogP contribution is -2.00. The summed E-state index contributed by atoms with van der Waals surface area (Å²) in [7, 11) is 1.50. The van der Waals surface area contributed by atoms with Gasteiger partial charge in [0.2, 0.25) is 0 Å². The van der Waals surface area contributed by atoms with Crippen molar-refractivity contribution in [1.82, 2.24) is 0 Å². The van der Waals surface area contributed by atoms with Crippen molar-refractivity contribution < 1.29 is 13.9 Å². The van der Waals surface area contributed by atoms with Gasteiger partial charge in [-0.05, 0) is 29.8 Å². The molecule has 0 aromatic heterocycles. The van der Waals surface area contributed by atoms with Crippen LogP contribution in [-0.4, -0.2) is 7.11 Å². The van der Waals surface area contributed by atoms with Crippen LogP contribution in [0.15, 0.2) is 36.4 Å². The zero-order valence-corrected chi connectivity index (χ0v) is 10.9. The number of nitrogen functional groups attached to an aromatic ring is 1. The van der Waals surface area contributed by atoms with Crippen LogP contribution in [0.3, 0.4) is 0 Å². The number of benzene rings is 2. The number of anilines is 1. The van der Waals surface area contributed by atoms with Gasteiger partial charge in [0.1, 0.15) is 30.0 Å². The van der Waals surface area contributed by atoms with E-state index in [1.54, 1.807) is 18.2 Å². The number of hydrogen-bond acceptors (Lipinski definition) is 4. The predicted molar refractivity (Wildman–Crippen MR) is 72.9 cm³/mol. The molecule has 0 saturated heterocycles. The van der Waals surface area contributed by atoms with Gasteiger partial charge >= 0.3 is 0 Å². The van der Waals surface area contributed by atoms with Crippen LogP contribution in [0.1, 0.15) is 11.1 Å². The largest absolute Gasteiger partial charge is 0.495 e. The number of nitrogens with zero attached hydrogens (tertiary/aromatic N) is 1. The van der Waals surface area contributed by atoms with E-state index in [2.05, 4.69) is 0 Å². The standard InChI is InChI=1S/C15H13FN2O2/c1-19-14-5-2-10(6-11(14)8-17)9-20-15-7-12(16)3-4-13(15)18/h2-7H,9,18H2,1H3. The molecule has 2 N–H and O–H groups in total. The number of rotatable bonds is 4. The van der Waals surface area contributed by atoms with Gasteiger partial charge in [-0.15, -0.1) is 0 Å². The monoisotopic (exact) mass is 272 g/mol. The molecule has 5 heteroatoms. The molecule has 0 aliphatic rings. The molecule has 102 valence electrons. The number of methoxy groups -OCH3 is 1. The van der Waals surface area contributed by atoms with Crippen LogP contribution in [0.4, 0.5) is 10.1 Å². The second kappa shape index (κ2) is 5.93. The van der Waals surface area contributed by atoms with Gasteiger partial charge in [-0.25, -0.2) is 4.39 Å². The topological polar surface area (TPSA) is 68.3 Å². The molecule has 20 heavy (non-hydrogen) atoms. The van der Waals surface area contributed by atoms with E-state index >= 15 is 0 Å². The fraction of sp³-hybridized carbons (Fsp3) is 0.133. The van der Waals surface area contributed by atoms with Gasteiger partial charge < -0.3 is 15.2 Å². The Morgan fingerprint density at radius 1 is 1.20 bits per heavy atom. The Balaban J connectivity index is 2.15. The van der Waals surface area contributed by atoms with E-state index in [1.807, 2.05) is 6.07 Å². The number of nitrogens with two attached hydrogens (primary N) is 1. The molecule has 0 atom stereocenters. The highest BCUT2D eigenvalue weighted by Crippen LogP contribution is 2.24. The summed E-state index contributed by atoms with van der Waals surface area (Å²) < 4.78 is 23.6. The molecule has 2 rings (SSSR count). The number of hydrogen-bond donors (Lipinski definition) is 1. The smallest absolute Gasteiger partial charge is 0.145 e. The molecule has 0 bridgehead atoms. The van der Waals surface area contributed by atoms with Crippen LogP contribution >= 0.6 is 0 Å². The summed E-state index contributed by atoms with van der Waals surface area (Å²) in [5.74, 6) is 0.363. The van der Waals surface area contributed by atoms with Crippen LogP contribution in [0.2, 0.25) is 0 Å². The molecule has 2 aromatic carbocycles. The summed E-state index contributed by atoms with van der Waals surface area (Å²) in [5, 5.41) is 9.00. The molecule has 0 heterocycles. The van der Waals surface area contributed by atoms with Gasteiger partial charge in [0.25, 0.3) is 0 Å². The van der Waals surface area contributed by atoms with E-state index in [9.17, 15) is 4.39 Å². The summed E-state index contributed by atoms with van der Waals surface area (Å²) in [4.78, 5) is 0. The first-order valence-corrected chi connectivity index (χ1v) is 5.89. The third kappa shape index (κ3) is 2.98. The van der Waals surface area contributed by atoms with Gasteiger partial charge in [-0.1, -0.05) is 6.07 Å². The number of nitriles is 1. The average Bonchev–Trinajstić information content (AvgIpc) is 2.47. The van der Waals surface area contributed by atoms with Gasteiger partial charge in [0, 0.05) is 6.07 Å². The van der Waals surface area contributed by atoms with Crippen molar-refractivity contribution in [1.29, 1.82) is 5.26 Å². The normalized spacial score (nSPS) is 9.85. The van der Waals surface area contributed by atoms with Crippen molar-refractivity contribution in [2.45, 2.75) is 6.61 Å². The third-order valence-electron chi connectivity index (χ3n) is 2.75. The molecular weight excluding hydrogens is 259 g/mol. The Morgan fingerprint density at radius 2 is 2.00 bits per heavy atom. The summed E-state index contributed by atoms with van der Waals surface area (Å²) in [5.41, 5.74) is 7.24. The van der Waals surface area contributed by atoms with Crippen LogP contribution in [0.5, 0.6) is 11.5 Å². The van der Waals surface area contributed by atoms with Crippen molar-refractivity contribution >= 4 is 5.69 Å². The lowest BCUT2D eigenvalue weighted by Gasteiger charge is -2.10. The molecule has 0 amide bonds. The highest BCUT2D eigenvalue weighted by Gasteiger charge is 2.06. The molecule has 0 aliphatic heterocycles. The first-order chi connectivity index (χ1) is 9.63. The predicted octanol–water partition coefficient (Wildman–Crippen LogP) is 2.87. The fourth-order valence-electron chi connectivity index (χ4n) is 1.73. The summed E-state index contributed by atoms with van der Waals surface area (Å²) in [6.45, 7) is 0.187. The first-order valence-electron chi connectivity index (χ1n) is 5.89. The lowest BCUT2D eigenvalue weighted by atomic mass is 10.1. The molecule has 0 fully saturated rings. The van der Waals surface area contributed by atoms with E-state index in [0.29, 0.717) is 17.0 Å². The zero-order chi connectivity index (χ0) is 14.5. The minimum absolute atomic E-state index is 0.187. The Kier molecular flexibility index (Phi) is 4.06. The maximum atomic E-state index is 13.1. The fourth-order valence-corrected chi connectivity index (χ4v) is 1.73. The van der Waals surface area contributed by atoms with Crippen molar-refractivity contribution in [3.05, 3.63) is 53.3 Å². The summed E-state index contributed by atoms with van der Waals surface area (Å²) >= 11 is 0. The molecular formula is C15H13FN2O2. The molecule has 0 radical (unpaired) electrons. The summed E-state index contributed by atoms with van der Waals surface area (Å²) in [6, 6.07) is 11.1. The van der Waals surface area contributed by atoms with E-state index in [-0.39, 0.29) is 12.4 Å². The van der Waals surface area contributed by atoms with Crippen molar-refractivity contribution in [2.75, 3.05) is 12.8 Å². The number of halogens is 1. The van der Waals surface area contributed by atoms with Gasteiger partial charge in [0.05, 0.1) is 18.4 Å². The molecule has 4 nitrogen and oxygen atoms in total. The molecule has 0 aliphatic carbocycles. The minimum atomic E-state index is -0.415. The van der Waals surface area contributed by atoms with E-state index < -0.39 is 5.82 Å². The van der Waals surface area contributed by atoms with Crippen LogP contribution in [0, 0.1) is 17.1 Å². The second-order valence-electron chi connectivity index (χ2n) is 4.12. The van der Waals surface area contributed by atoms with Gasteiger partial charge in [0.15, 0.2) is 0 Å². The maximum absolute atomic E-state index is 13.1. The maximum Gasteiger partial charge on any atom is 0.145 e. The Morgan fingerprint density at radius 3 is 2.70 bits per heavy atom. The zero-order valence-electron chi connectivity index (χ0n) is 10.9. The minimum Gasteiger partial charge on any atom is -0.495 e. The highest BCUT2D eigenvalue weighted by molar-refractivity contribution is 5.52. The molecule has 0 unspecified atom stereocenters. The summed E-state index contributed by atoms with van der Waals surface area (Å²) in [6.07, 6.45) is 0. The van der Waals surface area contributed by atoms with Crippen LogP contribution < -0.4 is 15.2 Å². The second-order valence-corrected chi connectivity index (χ2v) is 4.12. The third-order valence-corrected chi connectivity index (χ3v) is 2.75. The van der Waals surface area contributed by atoms with Crippen LogP contribution in [-0.2, 0) is 6.61 Å². The van der Waals surface area contributed by atoms with Gasteiger partial charge in [-0.2, -0.15) is 5.26 Å².